The first-order valence-electron chi connectivity index (χ1n) is 9.83. The van der Waals surface area contributed by atoms with Crippen molar-refractivity contribution < 1.29 is 18.7 Å². The molecule has 0 bridgehead atoms. The normalized spacial score (nSPS) is 10.7. The number of para-hydroxylation sites is 1. The van der Waals surface area contributed by atoms with Gasteiger partial charge in [-0.15, -0.1) is 0 Å². The second-order valence-electron chi connectivity index (χ2n) is 6.80. The molecule has 0 saturated heterocycles. The standard InChI is InChI=1S/C24H21BrFN3O3/c25-19-7-5-17(6-8-19)16-32-22-4-2-1-3-18(22)15-27-29-24(31)14-13-23(30)28-21-11-9-20(26)10-12-21/h1-12,15H,13-14,16H2,(H,28,30)(H,29,31)/b27-15+. The monoisotopic (exact) mass is 497 g/mol. The van der Waals surface area contributed by atoms with E-state index in [2.05, 4.69) is 31.8 Å². The van der Waals surface area contributed by atoms with E-state index in [-0.39, 0.29) is 24.6 Å². The summed E-state index contributed by atoms with van der Waals surface area (Å²) in [5.74, 6) is -0.501. The Morgan fingerprint density at radius 2 is 1.62 bits per heavy atom. The lowest BCUT2D eigenvalue weighted by atomic mass is 10.2. The van der Waals surface area contributed by atoms with Crippen LogP contribution in [0.5, 0.6) is 5.75 Å². The second kappa shape index (κ2) is 11.8. The Bertz CT molecular complexity index is 1090. The van der Waals surface area contributed by atoms with Gasteiger partial charge in [0, 0.05) is 28.6 Å². The van der Waals surface area contributed by atoms with Gasteiger partial charge in [-0.2, -0.15) is 5.10 Å². The molecule has 3 rings (SSSR count). The summed E-state index contributed by atoms with van der Waals surface area (Å²) in [6.45, 7) is 0.396. The maximum absolute atomic E-state index is 12.9. The number of nitrogens with zero attached hydrogens (tertiary/aromatic N) is 1. The topological polar surface area (TPSA) is 79.8 Å². The van der Waals surface area contributed by atoms with Crippen molar-refractivity contribution in [3.63, 3.8) is 0 Å². The Morgan fingerprint density at radius 1 is 0.938 bits per heavy atom. The molecule has 0 heterocycles. The predicted molar refractivity (Wildman–Crippen MR) is 125 cm³/mol. The van der Waals surface area contributed by atoms with Gasteiger partial charge in [0.1, 0.15) is 18.2 Å². The van der Waals surface area contributed by atoms with Crippen LogP contribution in [-0.2, 0) is 16.2 Å². The zero-order valence-corrected chi connectivity index (χ0v) is 18.6. The maximum Gasteiger partial charge on any atom is 0.240 e. The smallest absolute Gasteiger partial charge is 0.240 e. The number of hydrazone groups is 1. The molecular weight excluding hydrogens is 477 g/mol. The summed E-state index contributed by atoms with van der Waals surface area (Å²) in [5.41, 5.74) is 4.60. The number of carbonyl (C=O) groups excluding carboxylic acids is 2. The average Bonchev–Trinajstić information content (AvgIpc) is 2.80. The summed E-state index contributed by atoms with van der Waals surface area (Å²) in [7, 11) is 0. The molecule has 0 fully saturated rings. The van der Waals surface area contributed by atoms with Crippen LogP contribution in [0.4, 0.5) is 10.1 Å². The molecular formula is C24H21BrFN3O3. The molecule has 2 amide bonds. The predicted octanol–water partition coefficient (Wildman–Crippen LogP) is 5.04. The zero-order valence-electron chi connectivity index (χ0n) is 17.1. The van der Waals surface area contributed by atoms with E-state index >= 15 is 0 Å². The summed E-state index contributed by atoms with van der Waals surface area (Å²) in [6.07, 6.45) is 1.44. The van der Waals surface area contributed by atoms with Gasteiger partial charge in [0.05, 0.1) is 6.21 Å². The maximum atomic E-state index is 12.9. The molecule has 6 nitrogen and oxygen atoms in total. The van der Waals surface area contributed by atoms with Gasteiger partial charge in [-0.05, 0) is 54.1 Å². The largest absolute Gasteiger partial charge is 0.488 e. The molecule has 0 unspecified atom stereocenters. The van der Waals surface area contributed by atoms with E-state index in [0.717, 1.165) is 10.0 Å². The third-order valence-corrected chi connectivity index (χ3v) is 4.86. The summed E-state index contributed by atoms with van der Waals surface area (Å²) in [6, 6.07) is 20.6. The molecule has 0 spiro atoms. The van der Waals surface area contributed by atoms with Gasteiger partial charge >= 0.3 is 0 Å². The van der Waals surface area contributed by atoms with Gasteiger partial charge in [-0.25, -0.2) is 9.82 Å². The van der Waals surface area contributed by atoms with Crippen molar-refractivity contribution in [1.82, 2.24) is 5.43 Å². The van der Waals surface area contributed by atoms with E-state index in [1.807, 2.05) is 48.5 Å². The summed E-state index contributed by atoms with van der Waals surface area (Å²) in [4.78, 5) is 23.9. The van der Waals surface area contributed by atoms with E-state index in [0.29, 0.717) is 23.6 Å². The number of rotatable bonds is 9. The number of carbonyl (C=O) groups is 2. The highest BCUT2D eigenvalue weighted by Gasteiger charge is 2.07. The number of nitrogens with one attached hydrogen (secondary N) is 2. The number of anilines is 1. The van der Waals surface area contributed by atoms with Crippen molar-refractivity contribution in [2.75, 3.05) is 5.32 Å². The minimum Gasteiger partial charge on any atom is -0.488 e. The number of amides is 2. The summed E-state index contributed by atoms with van der Waals surface area (Å²) >= 11 is 3.40. The first-order valence-corrected chi connectivity index (χ1v) is 10.6. The highest BCUT2D eigenvalue weighted by molar-refractivity contribution is 9.10. The quantitative estimate of drug-likeness (QED) is 0.321. The van der Waals surface area contributed by atoms with Gasteiger partial charge in [-0.3, -0.25) is 9.59 Å². The molecule has 3 aromatic carbocycles. The van der Waals surface area contributed by atoms with Crippen molar-refractivity contribution in [3.05, 3.63) is 94.2 Å². The van der Waals surface area contributed by atoms with Crippen molar-refractivity contribution in [2.24, 2.45) is 5.10 Å². The molecule has 0 aliphatic carbocycles. The van der Waals surface area contributed by atoms with Gasteiger partial charge in [-0.1, -0.05) is 40.2 Å². The van der Waals surface area contributed by atoms with Crippen molar-refractivity contribution in [3.8, 4) is 5.75 Å². The average molecular weight is 498 g/mol. The Morgan fingerprint density at radius 3 is 2.38 bits per heavy atom. The minimum atomic E-state index is -0.399. The van der Waals surface area contributed by atoms with Crippen LogP contribution in [-0.4, -0.2) is 18.0 Å². The van der Waals surface area contributed by atoms with E-state index in [9.17, 15) is 14.0 Å². The minimum absolute atomic E-state index is 0.0222. The van der Waals surface area contributed by atoms with Gasteiger partial charge < -0.3 is 10.1 Å². The fourth-order valence-corrected chi connectivity index (χ4v) is 2.94. The first kappa shape index (κ1) is 23.1. The molecule has 8 heteroatoms. The summed E-state index contributed by atoms with van der Waals surface area (Å²) < 4.78 is 19.8. The molecule has 32 heavy (non-hydrogen) atoms. The number of ether oxygens (including phenoxy) is 1. The van der Waals surface area contributed by atoms with E-state index in [4.69, 9.17) is 4.74 Å². The zero-order chi connectivity index (χ0) is 22.8. The fraction of sp³-hybridized carbons (Fsp3) is 0.125. The second-order valence-corrected chi connectivity index (χ2v) is 7.72. The highest BCUT2D eigenvalue weighted by atomic mass is 79.9. The van der Waals surface area contributed by atoms with Crippen LogP contribution in [0.1, 0.15) is 24.0 Å². The van der Waals surface area contributed by atoms with Crippen LogP contribution >= 0.6 is 15.9 Å². The molecule has 3 aromatic rings. The lowest BCUT2D eigenvalue weighted by molar-refractivity contribution is -0.124. The molecule has 2 N–H and O–H groups in total. The fourth-order valence-electron chi connectivity index (χ4n) is 2.67. The molecule has 0 saturated carbocycles. The third kappa shape index (κ3) is 7.63. The van der Waals surface area contributed by atoms with E-state index < -0.39 is 5.91 Å². The molecule has 0 atom stereocenters. The Balaban J connectivity index is 1.45. The molecule has 0 aliphatic heterocycles. The number of hydrogen-bond donors (Lipinski definition) is 2. The lowest BCUT2D eigenvalue weighted by Gasteiger charge is -2.09. The highest BCUT2D eigenvalue weighted by Crippen LogP contribution is 2.18. The molecule has 0 radical (unpaired) electrons. The van der Waals surface area contributed by atoms with Crippen molar-refractivity contribution in [2.45, 2.75) is 19.4 Å². The Labute approximate surface area is 193 Å². The van der Waals surface area contributed by atoms with Crippen LogP contribution in [0.2, 0.25) is 0 Å². The SMILES string of the molecule is O=C(CCC(=O)Nc1ccc(F)cc1)N/N=C/c1ccccc1OCc1ccc(Br)cc1. The van der Waals surface area contributed by atoms with Gasteiger partial charge in [0.25, 0.3) is 0 Å². The van der Waals surface area contributed by atoms with Crippen LogP contribution in [0.15, 0.2) is 82.4 Å². The molecule has 164 valence electrons. The number of hydrogen-bond acceptors (Lipinski definition) is 4. The van der Waals surface area contributed by atoms with Crippen molar-refractivity contribution in [1.29, 1.82) is 0 Å². The van der Waals surface area contributed by atoms with Crippen LogP contribution in [0.25, 0.3) is 0 Å². The Kier molecular flexibility index (Phi) is 8.51. The van der Waals surface area contributed by atoms with Gasteiger partial charge in [0.2, 0.25) is 11.8 Å². The van der Waals surface area contributed by atoms with E-state index in [1.165, 1.54) is 30.5 Å². The number of halogens is 2. The summed E-state index contributed by atoms with van der Waals surface area (Å²) in [5, 5.41) is 6.56. The number of benzene rings is 3. The first-order chi connectivity index (χ1) is 15.5. The van der Waals surface area contributed by atoms with Crippen LogP contribution < -0.4 is 15.5 Å². The van der Waals surface area contributed by atoms with Crippen molar-refractivity contribution >= 4 is 39.6 Å². The van der Waals surface area contributed by atoms with E-state index in [1.54, 1.807) is 0 Å². The molecule has 0 aliphatic rings. The van der Waals surface area contributed by atoms with Crippen LogP contribution in [0.3, 0.4) is 0 Å². The molecule has 0 aromatic heterocycles. The lowest BCUT2D eigenvalue weighted by Crippen LogP contribution is -2.20. The van der Waals surface area contributed by atoms with Gasteiger partial charge in [0.15, 0.2) is 0 Å². The van der Waals surface area contributed by atoms with Crippen LogP contribution in [0, 0.1) is 5.82 Å². The third-order valence-electron chi connectivity index (χ3n) is 4.33. The Hall–Kier alpha value is -3.52.